The Hall–Kier alpha value is -1.88. The van der Waals surface area contributed by atoms with Gasteiger partial charge < -0.3 is 10.5 Å². The fourth-order valence-electron chi connectivity index (χ4n) is 1.77. The van der Waals surface area contributed by atoms with Gasteiger partial charge in [-0.1, -0.05) is 12.1 Å². The number of hydrogen-bond donors (Lipinski definition) is 1. The fourth-order valence-corrected chi connectivity index (χ4v) is 1.77. The number of para-hydroxylation sites is 1. The Morgan fingerprint density at radius 3 is 2.63 bits per heavy atom. The SMILES string of the molecule is CC(C)n1cc(Oc2c(F)cccc2[C@@H](C)N)cn1. The predicted octanol–water partition coefficient (Wildman–Crippen LogP) is 3.42. The van der Waals surface area contributed by atoms with E-state index in [1.54, 1.807) is 36.1 Å². The zero-order valence-electron chi connectivity index (χ0n) is 11.3. The molecule has 0 saturated carbocycles. The Morgan fingerprint density at radius 2 is 2.05 bits per heavy atom. The number of halogens is 1. The Bertz CT molecular complexity index is 564. The van der Waals surface area contributed by atoms with Gasteiger partial charge in [0.15, 0.2) is 17.3 Å². The molecule has 4 nitrogen and oxygen atoms in total. The average Bonchev–Trinajstić information content (AvgIpc) is 2.80. The van der Waals surface area contributed by atoms with Gasteiger partial charge in [-0.25, -0.2) is 4.39 Å². The van der Waals surface area contributed by atoms with Crippen LogP contribution in [0.4, 0.5) is 4.39 Å². The lowest BCUT2D eigenvalue weighted by Crippen LogP contribution is -2.07. The smallest absolute Gasteiger partial charge is 0.167 e. The number of nitrogens with two attached hydrogens (primary N) is 1. The van der Waals surface area contributed by atoms with Gasteiger partial charge in [-0.2, -0.15) is 5.10 Å². The van der Waals surface area contributed by atoms with Crippen LogP contribution in [0.2, 0.25) is 0 Å². The highest BCUT2D eigenvalue weighted by Gasteiger charge is 2.15. The van der Waals surface area contributed by atoms with Gasteiger partial charge in [0.2, 0.25) is 0 Å². The molecule has 2 aromatic rings. The van der Waals surface area contributed by atoms with Crippen LogP contribution in [0.3, 0.4) is 0 Å². The van der Waals surface area contributed by atoms with Gasteiger partial charge in [-0.15, -0.1) is 0 Å². The highest BCUT2D eigenvalue weighted by Crippen LogP contribution is 2.31. The van der Waals surface area contributed by atoms with Gasteiger partial charge >= 0.3 is 0 Å². The molecule has 1 aromatic heterocycles. The zero-order chi connectivity index (χ0) is 14.0. The third-order valence-electron chi connectivity index (χ3n) is 2.81. The van der Waals surface area contributed by atoms with Crippen molar-refractivity contribution in [3.05, 3.63) is 42.0 Å². The zero-order valence-corrected chi connectivity index (χ0v) is 11.3. The highest BCUT2D eigenvalue weighted by molar-refractivity contribution is 5.39. The lowest BCUT2D eigenvalue weighted by molar-refractivity contribution is 0.430. The lowest BCUT2D eigenvalue weighted by atomic mass is 10.1. The molecule has 0 amide bonds. The van der Waals surface area contributed by atoms with E-state index >= 15 is 0 Å². The van der Waals surface area contributed by atoms with Crippen LogP contribution in [0.25, 0.3) is 0 Å². The minimum absolute atomic E-state index is 0.167. The van der Waals surface area contributed by atoms with Gasteiger partial charge in [0.1, 0.15) is 0 Å². The van der Waals surface area contributed by atoms with E-state index in [0.717, 1.165) is 0 Å². The van der Waals surface area contributed by atoms with Crippen molar-refractivity contribution in [3.8, 4) is 11.5 Å². The second-order valence-electron chi connectivity index (χ2n) is 4.80. The van der Waals surface area contributed by atoms with Crippen molar-refractivity contribution in [2.45, 2.75) is 32.9 Å². The van der Waals surface area contributed by atoms with E-state index < -0.39 is 5.82 Å². The minimum Gasteiger partial charge on any atom is -0.451 e. The van der Waals surface area contributed by atoms with Crippen molar-refractivity contribution in [2.24, 2.45) is 5.73 Å². The van der Waals surface area contributed by atoms with E-state index in [1.807, 2.05) is 13.8 Å². The van der Waals surface area contributed by atoms with Crippen molar-refractivity contribution in [2.75, 3.05) is 0 Å². The fraction of sp³-hybridized carbons (Fsp3) is 0.357. The van der Waals surface area contributed by atoms with Crippen LogP contribution in [0.5, 0.6) is 11.5 Å². The summed E-state index contributed by atoms with van der Waals surface area (Å²) >= 11 is 0. The molecule has 1 heterocycles. The molecule has 0 fully saturated rings. The quantitative estimate of drug-likeness (QED) is 0.919. The third kappa shape index (κ3) is 2.93. The molecule has 0 unspecified atom stereocenters. The summed E-state index contributed by atoms with van der Waals surface area (Å²) in [4.78, 5) is 0. The summed E-state index contributed by atoms with van der Waals surface area (Å²) < 4.78 is 21.2. The number of rotatable bonds is 4. The molecule has 0 spiro atoms. The van der Waals surface area contributed by atoms with Crippen LogP contribution in [0, 0.1) is 5.82 Å². The topological polar surface area (TPSA) is 53.1 Å². The first-order valence-corrected chi connectivity index (χ1v) is 6.25. The monoisotopic (exact) mass is 263 g/mol. The molecule has 0 aliphatic rings. The van der Waals surface area contributed by atoms with E-state index in [4.69, 9.17) is 10.5 Å². The number of ether oxygens (including phenoxy) is 1. The largest absolute Gasteiger partial charge is 0.451 e. The van der Waals surface area contributed by atoms with E-state index in [0.29, 0.717) is 11.3 Å². The van der Waals surface area contributed by atoms with Crippen molar-refractivity contribution in [1.29, 1.82) is 0 Å². The van der Waals surface area contributed by atoms with Crippen molar-refractivity contribution >= 4 is 0 Å². The van der Waals surface area contributed by atoms with Crippen LogP contribution in [-0.4, -0.2) is 9.78 Å². The second kappa shape index (κ2) is 5.40. The Labute approximate surface area is 112 Å². The molecular formula is C14H18FN3O. The Balaban J connectivity index is 2.32. The summed E-state index contributed by atoms with van der Waals surface area (Å²) in [6.07, 6.45) is 3.31. The molecule has 0 aliphatic heterocycles. The third-order valence-corrected chi connectivity index (χ3v) is 2.81. The van der Waals surface area contributed by atoms with E-state index in [2.05, 4.69) is 5.10 Å². The maximum Gasteiger partial charge on any atom is 0.167 e. The van der Waals surface area contributed by atoms with Crippen LogP contribution in [0.15, 0.2) is 30.6 Å². The predicted molar refractivity (Wildman–Crippen MR) is 71.7 cm³/mol. The van der Waals surface area contributed by atoms with Gasteiger partial charge in [-0.05, 0) is 26.8 Å². The van der Waals surface area contributed by atoms with Crippen LogP contribution >= 0.6 is 0 Å². The highest BCUT2D eigenvalue weighted by atomic mass is 19.1. The molecule has 0 saturated heterocycles. The number of nitrogens with zero attached hydrogens (tertiary/aromatic N) is 2. The maximum atomic E-state index is 13.9. The van der Waals surface area contributed by atoms with Gasteiger partial charge in [0, 0.05) is 17.6 Å². The van der Waals surface area contributed by atoms with Gasteiger partial charge in [0.05, 0.1) is 12.4 Å². The summed E-state index contributed by atoms with van der Waals surface area (Å²) in [6, 6.07) is 4.67. The van der Waals surface area contributed by atoms with Crippen molar-refractivity contribution in [1.82, 2.24) is 9.78 Å². The first kappa shape index (κ1) is 13.5. The molecule has 0 aliphatic carbocycles. The molecule has 5 heteroatoms. The number of benzene rings is 1. The summed E-state index contributed by atoms with van der Waals surface area (Å²) in [6.45, 7) is 5.81. The number of aromatic nitrogens is 2. The van der Waals surface area contributed by atoms with E-state index in [-0.39, 0.29) is 17.8 Å². The molecule has 102 valence electrons. The van der Waals surface area contributed by atoms with Gasteiger partial charge in [0.25, 0.3) is 0 Å². The van der Waals surface area contributed by atoms with Crippen LogP contribution in [-0.2, 0) is 0 Å². The van der Waals surface area contributed by atoms with Crippen LogP contribution < -0.4 is 10.5 Å². The van der Waals surface area contributed by atoms with Gasteiger partial charge in [-0.3, -0.25) is 4.68 Å². The Kier molecular flexibility index (Phi) is 3.85. The Morgan fingerprint density at radius 1 is 1.32 bits per heavy atom. The summed E-state index contributed by atoms with van der Waals surface area (Å²) in [5.74, 6) is 0.244. The van der Waals surface area contributed by atoms with E-state index in [1.165, 1.54) is 6.07 Å². The van der Waals surface area contributed by atoms with Crippen LogP contribution in [0.1, 0.15) is 38.4 Å². The molecule has 0 bridgehead atoms. The molecule has 2 N–H and O–H groups in total. The van der Waals surface area contributed by atoms with E-state index in [9.17, 15) is 4.39 Å². The lowest BCUT2D eigenvalue weighted by Gasteiger charge is -2.13. The molecule has 1 aromatic carbocycles. The summed E-state index contributed by atoms with van der Waals surface area (Å²) in [5, 5.41) is 4.15. The normalized spacial score (nSPS) is 12.7. The first-order chi connectivity index (χ1) is 8.99. The van der Waals surface area contributed by atoms with Crippen molar-refractivity contribution < 1.29 is 9.13 Å². The minimum atomic E-state index is -0.424. The molecule has 1 atom stereocenters. The second-order valence-corrected chi connectivity index (χ2v) is 4.80. The standard InChI is InChI=1S/C14H18FN3O/c1-9(2)18-8-11(7-17-18)19-14-12(10(3)16)5-4-6-13(14)15/h4-10H,16H2,1-3H3/t10-/m1/s1. The average molecular weight is 263 g/mol. The summed E-state index contributed by atoms with van der Waals surface area (Å²) in [5.41, 5.74) is 6.46. The maximum absolute atomic E-state index is 13.9. The molecule has 0 radical (unpaired) electrons. The summed E-state index contributed by atoms with van der Waals surface area (Å²) in [7, 11) is 0. The molecule has 2 rings (SSSR count). The van der Waals surface area contributed by atoms with Crippen molar-refractivity contribution in [3.63, 3.8) is 0 Å². The number of hydrogen-bond acceptors (Lipinski definition) is 3. The molecule has 19 heavy (non-hydrogen) atoms. The first-order valence-electron chi connectivity index (χ1n) is 6.25. The molecular weight excluding hydrogens is 245 g/mol.